The number of amides is 2. The number of rotatable bonds is 3. The summed E-state index contributed by atoms with van der Waals surface area (Å²) in [6.45, 7) is 0.455. The van der Waals surface area contributed by atoms with E-state index in [4.69, 9.17) is 5.26 Å². The number of hydrogen-bond acceptors (Lipinski definition) is 6. The van der Waals surface area contributed by atoms with E-state index in [1.807, 2.05) is 12.1 Å². The molecule has 0 unspecified atom stereocenters. The number of urea groups is 1. The van der Waals surface area contributed by atoms with E-state index in [9.17, 15) is 4.79 Å². The topological polar surface area (TPSA) is 131 Å². The van der Waals surface area contributed by atoms with Crippen LogP contribution in [-0.2, 0) is 6.54 Å². The number of nitriles is 1. The molecule has 1 aromatic carbocycles. The maximum absolute atomic E-state index is 11.2. The normalized spacial score (nSPS) is 13.7. The Bertz CT molecular complexity index is 743. The third-order valence-corrected chi connectivity index (χ3v) is 2.88. The van der Waals surface area contributed by atoms with Gasteiger partial charge in [-0.2, -0.15) is 10.5 Å². The van der Waals surface area contributed by atoms with Gasteiger partial charge in [-0.05, 0) is 29.0 Å². The van der Waals surface area contributed by atoms with E-state index in [1.54, 1.807) is 12.1 Å². The van der Waals surface area contributed by atoms with Crippen LogP contribution in [0.1, 0.15) is 11.4 Å². The molecule has 2 amide bonds. The van der Waals surface area contributed by atoms with Gasteiger partial charge in [0.15, 0.2) is 0 Å². The molecule has 0 atom stereocenters. The second-order valence-corrected chi connectivity index (χ2v) is 4.23. The number of benzene rings is 1. The van der Waals surface area contributed by atoms with Crippen molar-refractivity contribution in [2.24, 2.45) is 0 Å². The van der Waals surface area contributed by atoms with Gasteiger partial charge in [-0.3, -0.25) is 0 Å². The highest BCUT2D eigenvalue weighted by atomic mass is 16.2. The van der Waals surface area contributed by atoms with Crippen molar-refractivity contribution in [1.29, 1.82) is 5.26 Å². The lowest BCUT2D eigenvalue weighted by Crippen LogP contribution is -2.33. The minimum atomic E-state index is -0.216. The average Bonchev–Trinajstić information content (AvgIpc) is 3.02. The number of aromatic amines is 1. The molecule has 0 saturated heterocycles. The second kappa shape index (κ2) is 5.30. The molecule has 0 spiro atoms. The van der Waals surface area contributed by atoms with Crippen LogP contribution in [0.25, 0.3) is 5.57 Å². The number of fused-ring (bicyclic) bond motifs is 1. The van der Waals surface area contributed by atoms with Crippen LogP contribution < -0.4 is 16.0 Å². The highest BCUT2D eigenvalue weighted by Crippen LogP contribution is 2.23. The number of carbonyl (C=O) groups is 1. The molecule has 9 heteroatoms. The van der Waals surface area contributed by atoms with Gasteiger partial charge < -0.3 is 16.0 Å². The summed E-state index contributed by atoms with van der Waals surface area (Å²) < 4.78 is 0. The van der Waals surface area contributed by atoms with Crippen LogP contribution in [0.3, 0.4) is 0 Å². The van der Waals surface area contributed by atoms with Crippen molar-refractivity contribution < 1.29 is 4.79 Å². The Morgan fingerprint density at radius 2 is 2.38 bits per heavy atom. The van der Waals surface area contributed by atoms with Gasteiger partial charge in [0.1, 0.15) is 11.6 Å². The standard InChI is InChI=1S/C12H10N8O/c13-4-8(11-17-19-20-18-11)6-14-9-1-2-10-7(3-9)5-15-12(21)16-10/h1-3,6,14H,5H2,(H2,15,16,21)(H,17,18,19,20). The van der Waals surface area contributed by atoms with Gasteiger partial charge >= 0.3 is 6.03 Å². The molecule has 0 saturated carbocycles. The first kappa shape index (κ1) is 12.6. The smallest absolute Gasteiger partial charge is 0.319 e. The van der Waals surface area contributed by atoms with E-state index < -0.39 is 0 Å². The highest BCUT2D eigenvalue weighted by molar-refractivity contribution is 5.92. The summed E-state index contributed by atoms with van der Waals surface area (Å²) in [7, 11) is 0. The Labute approximate surface area is 119 Å². The summed E-state index contributed by atoms with van der Waals surface area (Å²) in [4.78, 5) is 11.2. The fraction of sp³-hybridized carbons (Fsp3) is 0.0833. The van der Waals surface area contributed by atoms with E-state index in [0.717, 1.165) is 16.9 Å². The molecule has 3 rings (SSSR count). The van der Waals surface area contributed by atoms with Gasteiger partial charge in [-0.25, -0.2) is 4.79 Å². The lowest BCUT2D eigenvalue weighted by Gasteiger charge is -2.18. The molecule has 0 bridgehead atoms. The molecule has 0 fully saturated rings. The van der Waals surface area contributed by atoms with Crippen molar-refractivity contribution in [2.75, 3.05) is 10.6 Å². The van der Waals surface area contributed by atoms with Gasteiger partial charge in [0.05, 0.1) is 0 Å². The highest BCUT2D eigenvalue weighted by Gasteiger charge is 2.13. The Morgan fingerprint density at radius 3 is 3.14 bits per heavy atom. The number of H-pyrrole nitrogens is 1. The Balaban J connectivity index is 1.80. The third kappa shape index (κ3) is 2.64. The van der Waals surface area contributed by atoms with Crippen molar-refractivity contribution in [3.63, 3.8) is 0 Å². The Hall–Kier alpha value is -3.41. The van der Waals surface area contributed by atoms with E-state index in [0.29, 0.717) is 6.54 Å². The Kier molecular flexibility index (Phi) is 3.18. The summed E-state index contributed by atoms with van der Waals surface area (Å²) >= 11 is 0. The Morgan fingerprint density at radius 1 is 1.48 bits per heavy atom. The maximum atomic E-state index is 11.2. The monoisotopic (exact) mass is 282 g/mol. The van der Waals surface area contributed by atoms with Crippen molar-refractivity contribution in [1.82, 2.24) is 25.9 Å². The first-order chi connectivity index (χ1) is 10.3. The molecule has 1 aliphatic heterocycles. The fourth-order valence-corrected chi connectivity index (χ4v) is 1.87. The number of tetrazole rings is 1. The van der Waals surface area contributed by atoms with Gasteiger partial charge in [0.25, 0.3) is 0 Å². The quantitative estimate of drug-likeness (QED) is 0.616. The maximum Gasteiger partial charge on any atom is 0.319 e. The number of carbonyl (C=O) groups excluding carboxylic acids is 1. The van der Waals surface area contributed by atoms with Crippen LogP contribution in [0.15, 0.2) is 24.4 Å². The van der Waals surface area contributed by atoms with Gasteiger partial charge in [0, 0.05) is 24.1 Å². The number of anilines is 2. The average molecular weight is 282 g/mol. The van der Waals surface area contributed by atoms with E-state index in [-0.39, 0.29) is 17.4 Å². The van der Waals surface area contributed by atoms with Crippen LogP contribution >= 0.6 is 0 Å². The van der Waals surface area contributed by atoms with E-state index in [2.05, 4.69) is 36.6 Å². The largest absolute Gasteiger partial charge is 0.360 e. The number of nitrogens with zero attached hydrogens (tertiary/aromatic N) is 4. The zero-order valence-electron chi connectivity index (χ0n) is 10.7. The van der Waals surface area contributed by atoms with Crippen LogP contribution in [0.5, 0.6) is 0 Å². The molecule has 0 radical (unpaired) electrons. The van der Waals surface area contributed by atoms with Gasteiger partial charge in [0.2, 0.25) is 5.82 Å². The minimum Gasteiger partial charge on any atom is -0.360 e. The van der Waals surface area contributed by atoms with Crippen LogP contribution in [0.4, 0.5) is 16.2 Å². The molecular formula is C12H10N8O. The molecular weight excluding hydrogens is 272 g/mol. The van der Waals surface area contributed by atoms with Gasteiger partial charge in [-0.1, -0.05) is 0 Å². The summed E-state index contributed by atoms with van der Waals surface area (Å²) in [6.07, 6.45) is 1.50. The lowest BCUT2D eigenvalue weighted by molar-refractivity contribution is 0.251. The summed E-state index contributed by atoms with van der Waals surface area (Å²) in [5.74, 6) is 0.219. The summed E-state index contributed by atoms with van der Waals surface area (Å²) in [5, 5.41) is 30.6. The predicted molar refractivity (Wildman–Crippen MR) is 73.7 cm³/mol. The zero-order chi connectivity index (χ0) is 14.7. The van der Waals surface area contributed by atoms with E-state index in [1.165, 1.54) is 6.20 Å². The molecule has 1 aliphatic rings. The molecule has 0 aliphatic carbocycles. The number of hydrogen-bond donors (Lipinski definition) is 4. The van der Waals surface area contributed by atoms with Crippen LogP contribution in [0.2, 0.25) is 0 Å². The third-order valence-electron chi connectivity index (χ3n) is 2.88. The summed E-state index contributed by atoms with van der Waals surface area (Å²) in [6, 6.07) is 7.24. The number of allylic oxidation sites excluding steroid dienone is 1. The van der Waals surface area contributed by atoms with Crippen LogP contribution in [-0.4, -0.2) is 26.7 Å². The molecule has 9 nitrogen and oxygen atoms in total. The molecule has 4 N–H and O–H groups in total. The molecule has 2 aromatic rings. The van der Waals surface area contributed by atoms with Crippen LogP contribution in [0, 0.1) is 11.3 Å². The second-order valence-electron chi connectivity index (χ2n) is 4.23. The number of nitrogens with one attached hydrogen (secondary N) is 4. The summed E-state index contributed by atoms with van der Waals surface area (Å²) in [5.41, 5.74) is 2.76. The first-order valence-electron chi connectivity index (χ1n) is 6.04. The first-order valence-corrected chi connectivity index (χ1v) is 6.04. The van der Waals surface area contributed by atoms with Crippen molar-refractivity contribution in [2.45, 2.75) is 6.54 Å². The molecule has 1 aromatic heterocycles. The molecule has 104 valence electrons. The lowest BCUT2D eigenvalue weighted by atomic mass is 10.1. The van der Waals surface area contributed by atoms with Gasteiger partial charge in [-0.15, -0.1) is 10.2 Å². The minimum absolute atomic E-state index is 0.216. The van der Waals surface area contributed by atoms with Crippen molar-refractivity contribution in [3.05, 3.63) is 35.8 Å². The van der Waals surface area contributed by atoms with E-state index >= 15 is 0 Å². The zero-order valence-corrected chi connectivity index (χ0v) is 10.7. The fourth-order valence-electron chi connectivity index (χ4n) is 1.87. The van der Waals surface area contributed by atoms with Crippen molar-refractivity contribution in [3.8, 4) is 6.07 Å². The van der Waals surface area contributed by atoms with Crippen molar-refractivity contribution >= 4 is 23.0 Å². The predicted octanol–water partition coefficient (Wildman–Crippen LogP) is 0.811. The molecule has 21 heavy (non-hydrogen) atoms. The SMILES string of the molecule is N#CC(=CNc1ccc2c(c1)CNC(=O)N2)c1nn[nH]n1. The number of aromatic nitrogens is 4. The molecule has 2 heterocycles.